The van der Waals surface area contributed by atoms with E-state index in [1.165, 1.54) is 22.2 Å². The van der Waals surface area contributed by atoms with Gasteiger partial charge in [-0.05, 0) is 50.6 Å². The fourth-order valence-electron chi connectivity index (χ4n) is 2.42. The fraction of sp³-hybridized carbons (Fsp3) is 0.278. The lowest BCUT2D eigenvalue weighted by atomic mass is 10.2. The maximum atomic E-state index is 12.2. The van der Waals surface area contributed by atoms with Crippen LogP contribution in [0.3, 0.4) is 0 Å². The number of aryl methyl sites for hydroxylation is 3. The Hall–Kier alpha value is -2.12. The minimum atomic E-state index is -0.0656. The number of amides is 1. The highest BCUT2D eigenvalue weighted by Crippen LogP contribution is 2.35. The Labute approximate surface area is 154 Å². The van der Waals surface area contributed by atoms with E-state index in [4.69, 9.17) is 4.74 Å². The molecule has 2 aromatic heterocycles. The van der Waals surface area contributed by atoms with Crippen molar-refractivity contribution in [3.05, 3.63) is 40.5 Å². The molecule has 5 nitrogen and oxygen atoms in total. The number of hydrogen-bond acceptors (Lipinski definition) is 6. The summed E-state index contributed by atoms with van der Waals surface area (Å²) >= 11 is 3.12. The molecule has 0 bridgehead atoms. The Kier molecular flexibility index (Phi) is 5.24. The Morgan fingerprint density at radius 1 is 1.20 bits per heavy atom. The topological polar surface area (TPSA) is 64.1 Å². The molecule has 3 rings (SSSR count). The van der Waals surface area contributed by atoms with Crippen molar-refractivity contribution in [2.45, 2.75) is 25.8 Å². The maximum absolute atomic E-state index is 12.2. The van der Waals surface area contributed by atoms with E-state index in [0.29, 0.717) is 5.75 Å². The van der Waals surface area contributed by atoms with E-state index in [2.05, 4.69) is 29.1 Å². The summed E-state index contributed by atoms with van der Waals surface area (Å²) in [7, 11) is 1.61. The minimum absolute atomic E-state index is 0.0656. The first-order valence-electron chi connectivity index (χ1n) is 7.79. The van der Waals surface area contributed by atoms with Crippen molar-refractivity contribution in [2.75, 3.05) is 18.2 Å². The fourth-order valence-corrected chi connectivity index (χ4v) is 4.49. The zero-order valence-electron chi connectivity index (χ0n) is 14.5. The van der Waals surface area contributed by atoms with Gasteiger partial charge in [0.25, 0.3) is 0 Å². The summed E-state index contributed by atoms with van der Waals surface area (Å²) in [4.78, 5) is 23.5. The Balaban J connectivity index is 1.72. The number of aromatic nitrogens is 2. The van der Waals surface area contributed by atoms with E-state index in [1.807, 2.05) is 31.2 Å². The number of benzene rings is 1. The van der Waals surface area contributed by atoms with Crippen molar-refractivity contribution in [3.8, 4) is 5.75 Å². The van der Waals surface area contributed by atoms with Gasteiger partial charge in [0.15, 0.2) is 0 Å². The predicted octanol–water partition coefficient (Wildman–Crippen LogP) is 4.36. The summed E-state index contributed by atoms with van der Waals surface area (Å²) in [6.45, 7) is 6.04. The van der Waals surface area contributed by atoms with Gasteiger partial charge >= 0.3 is 0 Å². The second kappa shape index (κ2) is 7.41. The van der Waals surface area contributed by atoms with Gasteiger partial charge < -0.3 is 10.1 Å². The van der Waals surface area contributed by atoms with Crippen molar-refractivity contribution in [3.63, 3.8) is 0 Å². The molecule has 0 spiro atoms. The highest BCUT2D eigenvalue weighted by Gasteiger charge is 2.15. The number of thiophene rings is 1. The van der Waals surface area contributed by atoms with Gasteiger partial charge in [-0.3, -0.25) is 4.79 Å². The summed E-state index contributed by atoms with van der Waals surface area (Å²) < 4.78 is 5.11. The summed E-state index contributed by atoms with van der Waals surface area (Å²) in [5, 5.41) is 4.82. The first-order valence-corrected chi connectivity index (χ1v) is 9.59. The number of fused-ring (bicyclic) bond motifs is 1. The molecule has 25 heavy (non-hydrogen) atoms. The zero-order chi connectivity index (χ0) is 18.0. The number of carbonyl (C=O) groups is 1. The zero-order valence-corrected chi connectivity index (χ0v) is 16.2. The second-order valence-corrected chi connectivity index (χ2v) is 7.77. The molecule has 0 saturated carbocycles. The van der Waals surface area contributed by atoms with E-state index in [1.54, 1.807) is 18.4 Å². The van der Waals surface area contributed by atoms with Crippen LogP contribution in [0.1, 0.15) is 16.3 Å². The average molecular weight is 374 g/mol. The SMILES string of the molecule is COc1ccc(NC(=O)CSc2nc(C)nc3sc(C)c(C)c23)cc1. The van der Waals surface area contributed by atoms with Crippen LogP contribution >= 0.6 is 23.1 Å². The third-order valence-corrected chi connectivity index (χ3v) is 5.90. The summed E-state index contributed by atoms with van der Waals surface area (Å²) in [6.07, 6.45) is 0. The van der Waals surface area contributed by atoms with Crippen molar-refractivity contribution in [1.82, 2.24) is 9.97 Å². The van der Waals surface area contributed by atoms with Crippen molar-refractivity contribution < 1.29 is 9.53 Å². The largest absolute Gasteiger partial charge is 0.497 e. The Bertz CT molecular complexity index is 920. The molecule has 0 radical (unpaired) electrons. The molecule has 7 heteroatoms. The molecule has 0 aliphatic carbocycles. The highest BCUT2D eigenvalue weighted by molar-refractivity contribution is 8.00. The number of ether oxygens (including phenoxy) is 1. The number of anilines is 1. The summed E-state index contributed by atoms with van der Waals surface area (Å²) in [6, 6.07) is 7.27. The van der Waals surface area contributed by atoms with Crippen LogP contribution in [0.15, 0.2) is 29.3 Å². The molecule has 1 N–H and O–H groups in total. The first kappa shape index (κ1) is 17.7. The quantitative estimate of drug-likeness (QED) is 0.532. The van der Waals surface area contributed by atoms with Crippen LogP contribution in [0.5, 0.6) is 5.75 Å². The van der Waals surface area contributed by atoms with Gasteiger partial charge in [0, 0.05) is 16.0 Å². The van der Waals surface area contributed by atoms with Crippen LogP contribution < -0.4 is 10.1 Å². The molecule has 1 amide bonds. The molecule has 0 fully saturated rings. The maximum Gasteiger partial charge on any atom is 0.234 e. The van der Waals surface area contributed by atoms with E-state index in [9.17, 15) is 4.79 Å². The van der Waals surface area contributed by atoms with E-state index in [0.717, 1.165) is 32.5 Å². The monoisotopic (exact) mass is 373 g/mol. The van der Waals surface area contributed by atoms with Gasteiger partial charge in [-0.2, -0.15) is 0 Å². The van der Waals surface area contributed by atoms with Crippen molar-refractivity contribution >= 4 is 44.9 Å². The molecule has 0 atom stereocenters. The molecular formula is C18H19N3O2S2. The predicted molar refractivity (Wildman–Crippen MR) is 104 cm³/mol. The minimum Gasteiger partial charge on any atom is -0.497 e. The van der Waals surface area contributed by atoms with Crippen molar-refractivity contribution in [2.24, 2.45) is 0 Å². The number of thioether (sulfide) groups is 1. The summed E-state index contributed by atoms with van der Waals surface area (Å²) in [5.74, 6) is 1.72. The van der Waals surface area contributed by atoms with Crippen LogP contribution in [0, 0.1) is 20.8 Å². The molecular weight excluding hydrogens is 354 g/mol. The number of nitrogens with one attached hydrogen (secondary N) is 1. The lowest BCUT2D eigenvalue weighted by Crippen LogP contribution is -2.14. The standard InChI is InChI=1S/C18H19N3O2S2/c1-10-11(2)25-18-16(10)17(19-12(3)20-18)24-9-15(22)21-13-5-7-14(23-4)8-6-13/h5-8H,9H2,1-4H3,(H,21,22). The van der Waals surface area contributed by atoms with Crippen molar-refractivity contribution in [1.29, 1.82) is 0 Å². The Morgan fingerprint density at radius 3 is 2.60 bits per heavy atom. The van der Waals surface area contributed by atoms with Gasteiger partial charge in [0.2, 0.25) is 5.91 Å². The summed E-state index contributed by atoms with van der Waals surface area (Å²) in [5.41, 5.74) is 1.94. The molecule has 3 aromatic rings. The van der Waals surface area contributed by atoms with Gasteiger partial charge in [-0.1, -0.05) is 11.8 Å². The molecule has 1 aromatic carbocycles. The van der Waals surface area contributed by atoms with Gasteiger partial charge in [0.05, 0.1) is 12.9 Å². The van der Waals surface area contributed by atoms with Gasteiger partial charge in [-0.15, -0.1) is 11.3 Å². The Morgan fingerprint density at radius 2 is 1.92 bits per heavy atom. The normalized spacial score (nSPS) is 10.9. The molecule has 0 unspecified atom stereocenters. The van der Waals surface area contributed by atoms with E-state index >= 15 is 0 Å². The second-order valence-electron chi connectivity index (χ2n) is 5.60. The third kappa shape index (κ3) is 3.93. The number of rotatable bonds is 5. The van der Waals surface area contributed by atoms with Crippen LogP contribution in [-0.4, -0.2) is 28.7 Å². The van der Waals surface area contributed by atoms with Crippen LogP contribution in [0.2, 0.25) is 0 Å². The van der Waals surface area contributed by atoms with E-state index < -0.39 is 0 Å². The highest BCUT2D eigenvalue weighted by atomic mass is 32.2. The van der Waals surface area contributed by atoms with Gasteiger partial charge in [-0.25, -0.2) is 9.97 Å². The lowest BCUT2D eigenvalue weighted by molar-refractivity contribution is -0.113. The number of nitrogens with zero attached hydrogens (tertiary/aromatic N) is 2. The molecule has 0 aliphatic heterocycles. The lowest BCUT2D eigenvalue weighted by Gasteiger charge is -2.07. The van der Waals surface area contributed by atoms with Crippen LogP contribution in [0.4, 0.5) is 5.69 Å². The van der Waals surface area contributed by atoms with Crippen LogP contribution in [0.25, 0.3) is 10.2 Å². The molecule has 2 heterocycles. The number of methoxy groups -OCH3 is 1. The van der Waals surface area contributed by atoms with E-state index in [-0.39, 0.29) is 5.91 Å². The molecule has 130 valence electrons. The van der Waals surface area contributed by atoms with Gasteiger partial charge in [0.1, 0.15) is 21.4 Å². The first-order chi connectivity index (χ1) is 12.0. The average Bonchev–Trinajstić information content (AvgIpc) is 2.87. The third-order valence-electron chi connectivity index (χ3n) is 3.82. The molecule has 0 saturated heterocycles. The smallest absolute Gasteiger partial charge is 0.234 e. The molecule has 0 aliphatic rings. The number of hydrogen-bond donors (Lipinski definition) is 1. The number of carbonyl (C=O) groups excluding carboxylic acids is 1. The van der Waals surface area contributed by atoms with Crippen LogP contribution in [-0.2, 0) is 4.79 Å².